The Hall–Kier alpha value is -0.960. The Morgan fingerprint density at radius 3 is 2.92 bits per heavy atom. The molecule has 3 heteroatoms. The lowest BCUT2D eigenvalue weighted by atomic mass is 10.3. The molecule has 0 bridgehead atoms. The number of aromatic nitrogens is 2. The molecule has 2 aromatic rings. The van der Waals surface area contributed by atoms with Crippen molar-refractivity contribution in [3.8, 4) is 0 Å². The number of imidazole rings is 1. The zero-order valence-electron chi connectivity index (χ0n) is 7.82. The summed E-state index contributed by atoms with van der Waals surface area (Å²) in [6, 6.07) is 8.25. The Labute approximate surface area is 82.0 Å². The van der Waals surface area contributed by atoms with Crippen molar-refractivity contribution in [2.24, 2.45) is 0 Å². The van der Waals surface area contributed by atoms with Crippen LogP contribution in [0.15, 0.2) is 24.3 Å². The molecular formula is C10H12N2S. The zero-order valence-corrected chi connectivity index (χ0v) is 8.64. The van der Waals surface area contributed by atoms with E-state index < -0.39 is 0 Å². The van der Waals surface area contributed by atoms with Crippen molar-refractivity contribution in [2.45, 2.75) is 12.8 Å². The van der Waals surface area contributed by atoms with E-state index in [2.05, 4.69) is 40.9 Å². The van der Waals surface area contributed by atoms with Gasteiger partial charge in [0, 0.05) is 0 Å². The fourth-order valence-corrected chi connectivity index (χ4v) is 2.07. The van der Waals surface area contributed by atoms with Crippen LogP contribution < -0.4 is 0 Å². The molecule has 0 fully saturated rings. The molecule has 0 radical (unpaired) electrons. The fourth-order valence-electron chi connectivity index (χ4n) is 1.49. The highest BCUT2D eigenvalue weighted by Crippen LogP contribution is 2.17. The molecule has 0 unspecified atom stereocenters. The number of para-hydroxylation sites is 2. The van der Waals surface area contributed by atoms with Gasteiger partial charge in [-0.05, 0) is 25.3 Å². The van der Waals surface area contributed by atoms with E-state index in [4.69, 9.17) is 0 Å². The standard InChI is InChI=1S/C10H12N2S/c1-8-11-9-5-3-4-6-10(9)12(8)7-13-2/h3-6H,7H2,1-2H3. The van der Waals surface area contributed by atoms with Gasteiger partial charge in [-0.1, -0.05) is 12.1 Å². The first-order valence-corrected chi connectivity index (χ1v) is 5.63. The molecule has 0 spiro atoms. The van der Waals surface area contributed by atoms with Gasteiger partial charge >= 0.3 is 0 Å². The van der Waals surface area contributed by atoms with Crippen molar-refractivity contribution in [1.29, 1.82) is 0 Å². The number of nitrogens with zero attached hydrogens (tertiary/aromatic N) is 2. The van der Waals surface area contributed by atoms with Gasteiger partial charge in [0.2, 0.25) is 0 Å². The lowest BCUT2D eigenvalue weighted by Crippen LogP contribution is -1.96. The highest BCUT2D eigenvalue weighted by Gasteiger charge is 2.04. The number of fused-ring (bicyclic) bond motifs is 1. The van der Waals surface area contributed by atoms with Crippen molar-refractivity contribution in [3.63, 3.8) is 0 Å². The van der Waals surface area contributed by atoms with Crippen LogP contribution in [-0.4, -0.2) is 15.8 Å². The molecule has 0 N–H and O–H groups in total. The Morgan fingerprint density at radius 1 is 1.38 bits per heavy atom. The fraction of sp³-hybridized carbons (Fsp3) is 0.300. The molecule has 1 aromatic heterocycles. The third-order valence-corrected chi connectivity index (χ3v) is 2.62. The van der Waals surface area contributed by atoms with Crippen LogP contribution in [0.3, 0.4) is 0 Å². The van der Waals surface area contributed by atoms with Crippen LogP contribution in [-0.2, 0) is 5.88 Å². The molecule has 0 saturated carbocycles. The molecule has 2 rings (SSSR count). The largest absolute Gasteiger partial charge is 0.318 e. The first-order chi connectivity index (χ1) is 6.33. The van der Waals surface area contributed by atoms with Gasteiger partial charge in [0.1, 0.15) is 5.82 Å². The van der Waals surface area contributed by atoms with Gasteiger partial charge < -0.3 is 4.57 Å². The molecule has 0 aliphatic carbocycles. The quantitative estimate of drug-likeness (QED) is 0.728. The minimum atomic E-state index is 0.979. The first-order valence-electron chi connectivity index (χ1n) is 4.23. The molecule has 68 valence electrons. The van der Waals surface area contributed by atoms with E-state index >= 15 is 0 Å². The summed E-state index contributed by atoms with van der Waals surface area (Å²) in [5.41, 5.74) is 2.32. The molecule has 1 aromatic carbocycles. The normalized spacial score (nSPS) is 10.9. The van der Waals surface area contributed by atoms with Crippen molar-refractivity contribution in [1.82, 2.24) is 9.55 Å². The van der Waals surface area contributed by atoms with Gasteiger partial charge in [0.25, 0.3) is 0 Å². The van der Waals surface area contributed by atoms with Crippen LogP contribution in [0.4, 0.5) is 0 Å². The van der Waals surface area contributed by atoms with Gasteiger partial charge in [-0.2, -0.15) is 0 Å². The molecular weight excluding hydrogens is 180 g/mol. The van der Waals surface area contributed by atoms with Crippen molar-refractivity contribution in [2.75, 3.05) is 6.26 Å². The Morgan fingerprint density at radius 2 is 2.15 bits per heavy atom. The zero-order chi connectivity index (χ0) is 9.26. The van der Waals surface area contributed by atoms with Gasteiger partial charge in [0.05, 0.1) is 16.9 Å². The first kappa shape index (κ1) is 8.63. The molecule has 2 nitrogen and oxygen atoms in total. The summed E-state index contributed by atoms with van der Waals surface area (Å²) in [6.07, 6.45) is 2.11. The van der Waals surface area contributed by atoms with Gasteiger partial charge in [0.15, 0.2) is 0 Å². The van der Waals surface area contributed by atoms with E-state index in [-0.39, 0.29) is 0 Å². The molecule has 0 aliphatic heterocycles. The SMILES string of the molecule is CSCn1c(C)nc2ccccc21. The summed E-state index contributed by atoms with van der Waals surface area (Å²) in [4.78, 5) is 4.48. The van der Waals surface area contributed by atoms with E-state index in [0.29, 0.717) is 0 Å². The summed E-state index contributed by atoms with van der Waals surface area (Å²) in [7, 11) is 0. The lowest BCUT2D eigenvalue weighted by molar-refractivity contribution is 0.867. The second kappa shape index (κ2) is 3.42. The van der Waals surface area contributed by atoms with Crippen LogP contribution in [0.25, 0.3) is 11.0 Å². The minimum Gasteiger partial charge on any atom is -0.318 e. The maximum atomic E-state index is 4.48. The monoisotopic (exact) mass is 192 g/mol. The number of benzene rings is 1. The van der Waals surface area contributed by atoms with Crippen LogP contribution >= 0.6 is 11.8 Å². The number of thioether (sulfide) groups is 1. The minimum absolute atomic E-state index is 0.979. The van der Waals surface area contributed by atoms with Gasteiger partial charge in [-0.3, -0.25) is 0 Å². The highest BCUT2D eigenvalue weighted by molar-refractivity contribution is 7.97. The molecule has 0 saturated heterocycles. The Bertz CT molecular complexity index is 420. The average Bonchev–Trinajstić information content (AvgIpc) is 2.44. The summed E-state index contributed by atoms with van der Waals surface area (Å²) < 4.78 is 2.24. The maximum Gasteiger partial charge on any atom is 0.107 e. The molecule has 1 heterocycles. The average molecular weight is 192 g/mol. The van der Waals surface area contributed by atoms with E-state index in [1.54, 1.807) is 0 Å². The van der Waals surface area contributed by atoms with Crippen LogP contribution in [0.5, 0.6) is 0 Å². The Kier molecular flexibility index (Phi) is 2.27. The van der Waals surface area contributed by atoms with E-state index in [1.165, 1.54) is 5.52 Å². The summed E-state index contributed by atoms with van der Waals surface area (Å²) >= 11 is 1.81. The van der Waals surface area contributed by atoms with Gasteiger partial charge in [-0.25, -0.2) is 4.98 Å². The molecule has 0 amide bonds. The summed E-state index contributed by atoms with van der Waals surface area (Å²) in [5.74, 6) is 2.07. The number of rotatable bonds is 2. The number of hydrogen-bond acceptors (Lipinski definition) is 2. The Balaban J connectivity index is 2.64. The molecule has 0 atom stereocenters. The van der Waals surface area contributed by atoms with Crippen LogP contribution in [0.1, 0.15) is 5.82 Å². The second-order valence-electron chi connectivity index (χ2n) is 2.99. The van der Waals surface area contributed by atoms with Crippen molar-refractivity contribution in [3.05, 3.63) is 30.1 Å². The summed E-state index contributed by atoms with van der Waals surface area (Å²) in [5, 5.41) is 0. The number of aryl methyl sites for hydroxylation is 1. The predicted molar refractivity (Wildman–Crippen MR) is 58.0 cm³/mol. The predicted octanol–water partition coefficient (Wildman–Crippen LogP) is 2.67. The van der Waals surface area contributed by atoms with Crippen LogP contribution in [0.2, 0.25) is 0 Å². The van der Waals surface area contributed by atoms with Crippen LogP contribution in [0, 0.1) is 6.92 Å². The van der Waals surface area contributed by atoms with Crippen molar-refractivity contribution >= 4 is 22.8 Å². The van der Waals surface area contributed by atoms with E-state index in [1.807, 2.05) is 17.8 Å². The molecule has 0 aliphatic rings. The third-order valence-electron chi connectivity index (χ3n) is 2.10. The van der Waals surface area contributed by atoms with Crippen molar-refractivity contribution < 1.29 is 0 Å². The van der Waals surface area contributed by atoms with Gasteiger partial charge in [-0.15, -0.1) is 11.8 Å². The topological polar surface area (TPSA) is 17.8 Å². The number of hydrogen-bond donors (Lipinski definition) is 0. The maximum absolute atomic E-state index is 4.48. The molecule has 13 heavy (non-hydrogen) atoms. The lowest BCUT2D eigenvalue weighted by Gasteiger charge is -2.02. The third kappa shape index (κ3) is 1.44. The highest BCUT2D eigenvalue weighted by atomic mass is 32.2. The second-order valence-corrected chi connectivity index (χ2v) is 3.83. The smallest absolute Gasteiger partial charge is 0.107 e. The summed E-state index contributed by atoms with van der Waals surface area (Å²) in [6.45, 7) is 2.05. The van der Waals surface area contributed by atoms with E-state index in [9.17, 15) is 0 Å². The van der Waals surface area contributed by atoms with E-state index in [0.717, 1.165) is 17.2 Å².